The standard InChI is InChI=1S/C22H18N2O3/c1-14-10-11-18(25)15(12-14)13-23-24-22(26)21-16-6-2-4-8-19(16)27-20-9-5-3-7-17(20)21/h2-13,21,25H,1H3,(H,24,26)/b23-13+. The van der Waals surface area contributed by atoms with Gasteiger partial charge in [-0.1, -0.05) is 48.0 Å². The molecule has 5 heteroatoms. The molecule has 0 bridgehead atoms. The van der Waals surface area contributed by atoms with Crippen LogP contribution in [0.25, 0.3) is 0 Å². The number of hydrazone groups is 1. The summed E-state index contributed by atoms with van der Waals surface area (Å²) in [6.07, 6.45) is 1.44. The Balaban J connectivity index is 1.62. The van der Waals surface area contributed by atoms with Crippen LogP contribution in [0.1, 0.15) is 28.2 Å². The molecular formula is C22H18N2O3. The van der Waals surface area contributed by atoms with E-state index >= 15 is 0 Å². The van der Waals surface area contributed by atoms with Crippen LogP contribution in [0.4, 0.5) is 0 Å². The first-order valence-electron chi connectivity index (χ1n) is 8.62. The number of rotatable bonds is 3. The number of carbonyl (C=O) groups excluding carboxylic acids is 1. The molecule has 134 valence electrons. The van der Waals surface area contributed by atoms with Crippen molar-refractivity contribution < 1.29 is 14.6 Å². The van der Waals surface area contributed by atoms with Crippen molar-refractivity contribution in [1.29, 1.82) is 0 Å². The summed E-state index contributed by atoms with van der Waals surface area (Å²) in [4.78, 5) is 12.9. The summed E-state index contributed by atoms with van der Waals surface area (Å²) in [5, 5.41) is 13.9. The van der Waals surface area contributed by atoms with Crippen LogP contribution >= 0.6 is 0 Å². The number of phenols is 1. The van der Waals surface area contributed by atoms with Crippen LogP contribution in [0.5, 0.6) is 17.2 Å². The predicted octanol–water partition coefficient (Wildman–Crippen LogP) is 4.09. The van der Waals surface area contributed by atoms with Gasteiger partial charge >= 0.3 is 0 Å². The summed E-state index contributed by atoms with van der Waals surface area (Å²) in [6, 6.07) is 20.2. The Labute approximate surface area is 156 Å². The zero-order chi connectivity index (χ0) is 18.8. The number of para-hydroxylation sites is 2. The maximum atomic E-state index is 12.9. The number of fused-ring (bicyclic) bond motifs is 2. The number of nitrogens with zero attached hydrogens (tertiary/aromatic N) is 1. The third-order valence-electron chi connectivity index (χ3n) is 4.50. The molecule has 0 radical (unpaired) electrons. The summed E-state index contributed by atoms with van der Waals surface area (Å²) < 4.78 is 5.91. The molecule has 5 nitrogen and oxygen atoms in total. The van der Waals surface area contributed by atoms with Crippen molar-refractivity contribution in [1.82, 2.24) is 5.43 Å². The highest BCUT2D eigenvalue weighted by molar-refractivity contribution is 5.91. The highest BCUT2D eigenvalue weighted by Crippen LogP contribution is 2.43. The molecule has 4 rings (SSSR count). The molecular weight excluding hydrogens is 340 g/mol. The minimum Gasteiger partial charge on any atom is -0.507 e. The zero-order valence-electron chi connectivity index (χ0n) is 14.7. The molecule has 0 saturated heterocycles. The Hall–Kier alpha value is -3.60. The number of ether oxygens (including phenoxy) is 1. The van der Waals surface area contributed by atoms with Crippen LogP contribution in [0.2, 0.25) is 0 Å². The summed E-state index contributed by atoms with van der Waals surface area (Å²) >= 11 is 0. The minimum atomic E-state index is -0.519. The summed E-state index contributed by atoms with van der Waals surface area (Å²) in [5.74, 6) is 0.657. The summed E-state index contributed by atoms with van der Waals surface area (Å²) in [5.41, 5.74) is 5.72. The molecule has 0 unspecified atom stereocenters. The van der Waals surface area contributed by atoms with Crippen molar-refractivity contribution in [3.63, 3.8) is 0 Å². The van der Waals surface area contributed by atoms with E-state index in [0.717, 1.165) is 16.7 Å². The van der Waals surface area contributed by atoms with Crippen LogP contribution in [0.3, 0.4) is 0 Å². The van der Waals surface area contributed by atoms with Gasteiger partial charge in [0.15, 0.2) is 0 Å². The molecule has 2 N–H and O–H groups in total. The molecule has 0 spiro atoms. The maximum Gasteiger partial charge on any atom is 0.252 e. The number of aromatic hydroxyl groups is 1. The molecule has 1 aliphatic rings. The number of aryl methyl sites for hydroxylation is 1. The Kier molecular flexibility index (Phi) is 4.34. The van der Waals surface area contributed by atoms with Gasteiger partial charge in [-0.2, -0.15) is 5.10 Å². The van der Waals surface area contributed by atoms with Gasteiger partial charge in [0.2, 0.25) is 0 Å². The number of carbonyl (C=O) groups is 1. The molecule has 27 heavy (non-hydrogen) atoms. The number of amides is 1. The van der Waals surface area contributed by atoms with Crippen molar-refractivity contribution in [2.24, 2.45) is 5.10 Å². The van der Waals surface area contributed by atoms with E-state index in [1.807, 2.05) is 55.5 Å². The first kappa shape index (κ1) is 16.8. The van der Waals surface area contributed by atoms with Gasteiger partial charge in [0.1, 0.15) is 17.2 Å². The van der Waals surface area contributed by atoms with E-state index < -0.39 is 5.92 Å². The average molecular weight is 358 g/mol. The van der Waals surface area contributed by atoms with Gasteiger partial charge in [0.05, 0.1) is 12.1 Å². The molecule has 3 aromatic rings. The second-order valence-corrected chi connectivity index (χ2v) is 6.41. The highest BCUT2D eigenvalue weighted by Gasteiger charge is 2.32. The Bertz CT molecular complexity index is 998. The van der Waals surface area contributed by atoms with Crippen molar-refractivity contribution in [2.45, 2.75) is 12.8 Å². The zero-order valence-corrected chi connectivity index (χ0v) is 14.7. The minimum absolute atomic E-state index is 0.111. The van der Waals surface area contributed by atoms with Crippen molar-refractivity contribution >= 4 is 12.1 Å². The molecule has 3 aromatic carbocycles. The SMILES string of the molecule is Cc1ccc(O)c(/C=N/NC(=O)C2c3ccccc3Oc3ccccc32)c1. The topological polar surface area (TPSA) is 70.9 Å². The molecule has 1 amide bonds. The fourth-order valence-electron chi connectivity index (χ4n) is 3.20. The lowest BCUT2D eigenvalue weighted by Crippen LogP contribution is -2.28. The molecule has 0 atom stereocenters. The lowest BCUT2D eigenvalue weighted by Gasteiger charge is -2.26. The van der Waals surface area contributed by atoms with E-state index in [4.69, 9.17) is 4.74 Å². The molecule has 0 aromatic heterocycles. The van der Waals surface area contributed by atoms with E-state index in [9.17, 15) is 9.90 Å². The fraction of sp³-hybridized carbons (Fsp3) is 0.0909. The quantitative estimate of drug-likeness (QED) is 0.547. The van der Waals surface area contributed by atoms with Crippen molar-refractivity contribution in [3.8, 4) is 17.2 Å². The monoisotopic (exact) mass is 358 g/mol. The van der Waals surface area contributed by atoms with Gasteiger partial charge in [-0.3, -0.25) is 4.79 Å². The molecule has 0 saturated carbocycles. The van der Waals surface area contributed by atoms with Gasteiger partial charge in [-0.05, 0) is 31.2 Å². The van der Waals surface area contributed by atoms with E-state index in [1.54, 1.807) is 18.2 Å². The fourth-order valence-corrected chi connectivity index (χ4v) is 3.20. The van der Waals surface area contributed by atoms with Gasteiger partial charge in [-0.25, -0.2) is 5.43 Å². The number of benzene rings is 3. The summed E-state index contributed by atoms with van der Waals surface area (Å²) in [7, 11) is 0. The second-order valence-electron chi connectivity index (χ2n) is 6.41. The van der Waals surface area contributed by atoms with E-state index in [0.29, 0.717) is 17.1 Å². The van der Waals surface area contributed by atoms with Gasteiger partial charge in [0.25, 0.3) is 5.91 Å². The Morgan fingerprint density at radius 2 is 1.67 bits per heavy atom. The van der Waals surface area contributed by atoms with Gasteiger partial charge in [0, 0.05) is 16.7 Å². The Morgan fingerprint density at radius 1 is 1.04 bits per heavy atom. The molecule has 0 fully saturated rings. The highest BCUT2D eigenvalue weighted by atomic mass is 16.5. The number of hydrogen-bond donors (Lipinski definition) is 2. The van der Waals surface area contributed by atoms with Gasteiger partial charge < -0.3 is 9.84 Å². The van der Waals surface area contributed by atoms with E-state index in [-0.39, 0.29) is 11.7 Å². The third kappa shape index (κ3) is 3.27. The van der Waals surface area contributed by atoms with Crippen LogP contribution < -0.4 is 10.2 Å². The predicted molar refractivity (Wildman–Crippen MR) is 103 cm³/mol. The van der Waals surface area contributed by atoms with Crippen LogP contribution in [0.15, 0.2) is 71.8 Å². The second kappa shape index (κ2) is 6.96. The largest absolute Gasteiger partial charge is 0.507 e. The van der Waals surface area contributed by atoms with Crippen LogP contribution in [-0.4, -0.2) is 17.2 Å². The van der Waals surface area contributed by atoms with Crippen molar-refractivity contribution in [3.05, 3.63) is 89.0 Å². The number of nitrogens with one attached hydrogen (secondary N) is 1. The molecule has 0 aliphatic carbocycles. The molecule has 1 heterocycles. The maximum absolute atomic E-state index is 12.9. The summed E-state index contributed by atoms with van der Waals surface area (Å²) in [6.45, 7) is 1.92. The van der Waals surface area contributed by atoms with Crippen LogP contribution in [-0.2, 0) is 4.79 Å². The molecule has 1 aliphatic heterocycles. The first-order chi connectivity index (χ1) is 13.1. The van der Waals surface area contributed by atoms with Crippen molar-refractivity contribution in [2.75, 3.05) is 0 Å². The lowest BCUT2D eigenvalue weighted by molar-refractivity contribution is -0.121. The normalized spacial score (nSPS) is 12.9. The van der Waals surface area contributed by atoms with E-state index in [2.05, 4.69) is 10.5 Å². The first-order valence-corrected chi connectivity index (χ1v) is 8.62. The number of hydrogen-bond acceptors (Lipinski definition) is 4. The van der Waals surface area contributed by atoms with E-state index in [1.165, 1.54) is 6.21 Å². The third-order valence-corrected chi connectivity index (χ3v) is 4.50. The Morgan fingerprint density at radius 3 is 2.33 bits per heavy atom. The average Bonchev–Trinajstić information content (AvgIpc) is 2.68. The number of phenolic OH excluding ortho intramolecular Hbond substituents is 1. The lowest BCUT2D eigenvalue weighted by atomic mass is 9.87. The van der Waals surface area contributed by atoms with Crippen LogP contribution in [0, 0.1) is 6.92 Å². The smallest absolute Gasteiger partial charge is 0.252 e. The van der Waals surface area contributed by atoms with Gasteiger partial charge in [-0.15, -0.1) is 0 Å².